The zero-order valence-corrected chi connectivity index (χ0v) is 14.0. The molecule has 1 aromatic heterocycles. The van der Waals surface area contributed by atoms with E-state index >= 15 is 0 Å². The molecule has 3 heteroatoms. The van der Waals surface area contributed by atoms with E-state index in [1.165, 1.54) is 0 Å². The number of nitrogens with one attached hydrogen (secondary N) is 1. The van der Waals surface area contributed by atoms with Crippen LogP contribution in [0.2, 0.25) is 0 Å². The van der Waals surface area contributed by atoms with Crippen molar-refractivity contribution in [1.29, 1.82) is 0 Å². The third-order valence-electron chi connectivity index (χ3n) is 3.95. The number of rotatable bonds is 3. The summed E-state index contributed by atoms with van der Waals surface area (Å²) in [6, 6.07) is 10.2. The van der Waals surface area contributed by atoms with Gasteiger partial charge in [-0.05, 0) is 68.1 Å². The van der Waals surface area contributed by atoms with E-state index in [2.05, 4.69) is 24.4 Å². The Morgan fingerprint density at radius 3 is 2.30 bits per heavy atom. The molecule has 118 valence electrons. The maximum Gasteiger partial charge on any atom is 0.228 e. The summed E-state index contributed by atoms with van der Waals surface area (Å²) in [5.41, 5.74) is 7.20. The first-order valence-corrected chi connectivity index (χ1v) is 7.78. The van der Waals surface area contributed by atoms with E-state index in [9.17, 15) is 4.79 Å². The van der Waals surface area contributed by atoms with Gasteiger partial charge in [0.1, 0.15) is 5.58 Å². The number of amides is 1. The highest BCUT2D eigenvalue weighted by atomic mass is 16.3. The van der Waals surface area contributed by atoms with Crippen LogP contribution in [0, 0.1) is 27.7 Å². The van der Waals surface area contributed by atoms with Crippen LogP contribution >= 0.6 is 0 Å². The quantitative estimate of drug-likeness (QED) is 0.751. The third-order valence-corrected chi connectivity index (χ3v) is 3.95. The summed E-state index contributed by atoms with van der Waals surface area (Å²) in [4.78, 5) is 12.4. The Morgan fingerprint density at radius 1 is 0.957 bits per heavy atom. The number of fused-ring (bicyclic) bond motifs is 1. The second kappa shape index (κ2) is 5.92. The molecule has 0 aliphatic rings. The Labute approximate surface area is 136 Å². The fraction of sp³-hybridized carbons (Fsp3) is 0.250. The SMILES string of the molecule is Cc1cc(C)cc(NC(=O)Cc2coc3cc(C)cc(C)c23)c1. The lowest BCUT2D eigenvalue weighted by atomic mass is 10.0. The molecule has 0 bridgehead atoms. The number of carbonyl (C=O) groups is 1. The highest BCUT2D eigenvalue weighted by Crippen LogP contribution is 2.27. The Kier molecular flexibility index (Phi) is 3.95. The lowest BCUT2D eigenvalue weighted by molar-refractivity contribution is -0.115. The van der Waals surface area contributed by atoms with Crippen LogP contribution in [-0.2, 0) is 11.2 Å². The van der Waals surface area contributed by atoms with Gasteiger partial charge in [0.05, 0.1) is 12.7 Å². The lowest BCUT2D eigenvalue weighted by Crippen LogP contribution is -2.14. The lowest BCUT2D eigenvalue weighted by Gasteiger charge is -2.07. The molecule has 3 aromatic rings. The molecule has 0 saturated carbocycles. The monoisotopic (exact) mass is 307 g/mol. The number of carbonyl (C=O) groups excluding carboxylic acids is 1. The van der Waals surface area contributed by atoms with E-state index in [0.29, 0.717) is 6.42 Å². The van der Waals surface area contributed by atoms with Gasteiger partial charge in [0.25, 0.3) is 0 Å². The average molecular weight is 307 g/mol. The molecule has 3 nitrogen and oxygen atoms in total. The largest absolute Gasteiger partial charge is 0.464 e. The minimum Gasteiger partial charge on any atom is -0.464 e. The summed E-state index contributed by atoms with van der Waals surface area (Å²) in [5, 5.41) is 4.02. The van der Waals surface area contributed by atoms with Crippen LogP contribution < -0.4 is 5.32 Å². The Balaban J connectivity index is 1.83. The molecule has 2 aromatic carbocycles. The summed E-state index contributed by atoms with van der Waals surface area (Å²) in [5.74, 6) is -0.0299. The summed E-state index contributed by atoms with van der Waals surface area (Å²) in [6.07, 6.45) is 2.00. The molecular formula is C20H21NO2. The Morgan fingerprint density at radius 2 is 1.61 bits per heavy atom. The van der Waals surface area contributed by atoms with Crippen molar-refractivity contribution in [3.05, 3.63) is 64.4 Å². The van der Waals surface area contributed by atoms with Crippen LogP contribution in [0.3, 0.4) is 0 Å². The van der Waals surface area contributed by atoms with Crippen molar-refractivity contribution in [1.82, 2.24) is 0 Å². The van der Waals surface area contributed by atoms with Gasteiger partial charge in [-0.25, -0.2) is 0 Å². The van der Waals surface area contributed by atoms with Crippen molar-refractivity contribution < 1.29 is 9.21 Å². The van der Waals surface area contributed by atoms with E-state index < -0.39 is 0 Å². The van der Waals surface area contributed by atoms with Gasteiger partial charge in [0.15, 0.2) is 0 Å². The standard InChI is InChI=1S/C20H21NO2/c1-12-5-13(2)8-17(7-12)21-19(22)10-16-11-23-18-9-14(3)6-15(4)20(16)18/h5-9,11H,10H2,1-4H3,(H,21,22). The number of furan rings is 1. The zero-order valence-electron chi connectivity index (χ0n) is 14.0. The highest BCUT2D eigenvalue weighted by molar-refractivity contribution is 5.96. The second-order valence-electron chi connectivity index (χ2n) is 6.32. The molecule has 0 atom stereocenters. The van der Waals surface area contributed by atoms with Crippen molar-refractivity contribution in [2.24, 2.45) is 0 Å². The Bertz CT molecular complexity index is 870. The molecule has 0 aliphatic carbocycles. The van der Waals surface area contributed by atoms with Crippen LogP contribution in [0.25, 0.3) is 11.0 Å². The first kappa shape index (κ1) is 15.3. The van der Waals surface area contributed by atoms with E-state index in [4.69, 9.17) is 4.42 Å². The summed E-state index contributed by atoms with van der Waals surface area (Å²) in [7, 11) is 0. The summed E-state index contributed by atoms with van der Waals surface area (Å²) in [6.45, 7) is 8.15. The van der Waals surface area contributed by atoms with E-state index in [1.807, 2.05) is 39.0 Å². The van der Waals surface area contributed by atoms with Crippen LogP contribution in [0.5, 0.6) is 0 Å². The Hall–Kier alpha value is -2.55. The first-order chi connectivity index (χ1) is 10.9. The predicted molar refractivity (Wildman–Crippen MR) is 93.9 cm³/mol. The number of anilines is 1. The summed E-state index contributed by atoms with van der Waals surface area (Å²) >= 11 is 0. The van der Waals surface area contributed by atoms with E-state index in [0.717, 1.165) is 44.5 Å². The molecular weight excluding hydrogens is 286 g/mol. The van der Waals surface area contributed by atoms with E-state index in [-0.39, 0.29) is 5.91 Å². The molecule has 3 rings (SSSR count). The van der Waals surface area contributed by atoms with Crippen molar-refractivity contribution in [2.45, 2.75) is 34.1 Å². The fourth-order valence-electron chi connectivity index (χ4n) is 3.18. The van der Waals surface area contributed by atoms with Crippen molar-refractivity contribution in [3.8, 4) is 0 Å². The van der Waals surface area contributed by atoms with Gasteiger partial charge in [0.2, 0.25) is 5.91 Å². The molecule has 0 unspecified atom stereocenters. The zero-order chi connectivity index (χ0) is 16.6. The van der Waals surface area contributed by atoms with Crippen LogP contribution in [0.1, 0.15) is 27.8 Å². The number of hydrogen-bond donors (Lipinski definition) is 1. The van der Waals surface area contributed by atoms with Gasteiger partial charge in [0, 0.05) is 16.6 Å². The molecule has 0 aliphatic heterocycles. The maximum atomic E-state index is 12.4. The minimum absolute atomic E-state index is 0.0299. The average Bonchev–Trinajstić information content (AvgIpc) is 2.80. The molecule has 1 heterocycles. The molecule has 0 radical (unpaired) electrons. The first-order valence-electron chi connectivity index (χ1n) is 7.78. The molecule has 1 N–H and O–H groups in total. The van der Waals surface area contributed by atoms with Crippen molar-refractivity contribution in [3.63, 3.8) is 0 Å². The van der Waals surface area contributed by atoms with Gasteiger partial charge in [-0.15, -0.1) is 0 Å². The smallest absolute Gasteiger partial charge is 0.228 e. The summed E-state index contributed by atoms with van der Waals surface area (Å²) < 4.78 is 5.62. The molecule has 23 heavy (non-hydrogen) atoms. The van der Waals surface area contributed by atoms with Crippen LogP contribution in [0.15, 0.2) is 41.0 Å². The number of benzene rings is 2. The molecule has 1 amide bonds. The molecule has 0 saturated heterocycles. The van der Waals surface area contributed by atoms with Gasteiger partial charge in [-0.3, -0.25) is 4.79 Å². The normalized spacial score (nSPS) is 11.0. The molecule has 0 fully saturated rings. The maximum absolute atomic E-state index is 12.4. The van der Waals surface area contributed by atoms with Gasteiger partial charge in [-0.2, -0.15) is 0 Å². The number of aryl methyl sites for hydroxylation is 4. The third kappa shape index (κ3) is 3.29. The van der Waals surface area contributed by atoms with Gasteiger partial charge in [-0.1, -0.05) is 12.1 Å². The fourth-order valence-corrected chi connectivity index (χ4v) is 3.18. The van der Waals surface area contributed by atoms with Gasteiger partial charge < -0.3 is 9.73 Å². The predicted octanol–water partition coefficient (Wildman–Crippen LogP) is 4.85. The second-order valence-corrected chi connectivity index (χ2v) is 6.32. The van der Waals surface area contributed by atoms with Crippen molar-refractivity contribution in [2.75, 3.05) is 5.32 Å². The molecule has 0 spiro atoms. The van der Waals surface area contributed by atoms with Gasteiger partial charge >= 0.3 is 0 Å². The highest BCUT2D eigenvalue weighted by Gasteiger charge is 2.13. The van der Waals surface area contributed by atoms with Crippen molar-refractivity contribution >= 4 is 22.6 Å². The topological polar surface area (TPSA) is 42.2 Å². The van der Waals surface area contributed by atoms with Crippen LogP contribution in [0.4, 0.5) is 5.69 Å². The number of hydrogen-bond acceptors (Lipinski definition) is 2. The minimum atomic E-state index is -0.0299. The van der Waals surface area contributed by atoms with E-state index in [1.54, 1.807) is 6.26 Å². The van der Waals surface area contributed by atoms with Crippen LogP contribution in [-0.4, -0.2) is 5.91 Å².